The number of hydrogen-bond donors (Lipinski definition) is 1. The summed E-state index contributed by atoms with van der Waals surface area (Å²) in [6.45, 7) is 0.715. The van der Waals surface area contributed by atoms with Gasteiger partial charge in [-0.2, -0.15) is 0 Å². The van der Waals surface area contributed by atoms with Crippen LogP contribution in [0.4, 0.5) is 0 Å². The fourth-order valence-corrected chi connectivity index (χ4v) is 2.92. The first kappa shape index (κ1) is 14.0. The van der Waals surface area contributed by atoms with Crippen LogP contribution in [-0.2, 0) is 0 Å². The van der Waals surface area contributed by atoms with E-state index in [0.29, 0.717) is 18.9 Å². The summed E-state index contributed by atoms with van der Waals surface area (Å²) in [5.41, 5.74) is 2.10. The predicted octanol–water partition coefficient (Wildman–Crippen LogP) is 3.69. The average molecular weight is 284 g/mol. The van der Waals surface area contributed by atoms with Gasteiger partial charge in [0, 0.05) is 0 Å². The summed E-state index contributed by atoms with van der Waals surface area (Å²) >= 11 is 0. The molecule has 1 aliphatic heterocycles. The number of fused-ring (bicyclic) bond motifs is 1. The second-order valence-electron chi connectivity index (χ2n) is 5.40. The van der Waals surface area contributed by atoms with Gasteiger partial charge in [0.15, 0.2) is 0 Å². The summed E-state index contributed by atoms with van der Waals surface area (Å²) < 4.78 is 10.9. The van der Waals surface area contributed by atoms with E-state index in [1.165, 1.54) is 5.56 Å². The van der Waals surface area contributed by atoms with Crippen LogP contribution in [0.3, 0.4) is 0 Å². The Balaban J connectivity index is 1.77. The Hall–Kier alpha value is -2.00. The minimum atomic E-state index is -0.490. The van der Waals surface area contributed by atoms with Gasteiger partial charge in [-0.3, -0.25) is 0 Å². The smallest absolute Gasteiger partial charge is 0.122 e. The molecule has 110 valence electrons. The van der Waals surface area contributed by atoms with Crippen LogP contribution in [0.2, 0.25) is 0 Å². The van der Waals surface area contributed by atoms with Crippen molar-refractivity contribution in [2.45, 2.75) is 24.9 Å². The third-order valence-corrected chi connectivity index (χ3v) is 4.07. The van der Waals surface area contributed by atoms with Gasteiger partial charge >= 0.3 is 0 Å². The summed E-state index contributed by atoms with van der Waals surface area (Å²) in [5.74, 6) is 2.06. The molecule has 1 aliphatic rings. The normalized spacial score (nSPS) is 18.5. The molecule has 1 heterocycles. The van der Waals surface area contributed by atoms with E-state index in [9.17, 15) is 5.11 Å². The lowest BCUT2D eigenvalue weighted by molar-refractivity contribution is 0.145. The summed E-state index contributed by atoms with van der Waals surface area (Å²) in [7, 11) is 1.64. The molecule has 0 saturated heterocycles. The first-order valence-corrected chi connectivity index (χ1v) is 7.31. The van der Waals surface area contributed by atoms with Gasteiger partial charge in [0.05, 0.1) is 19.8 Å². The fourth-order valence-electron chi connectivity index (χ4n) is 2.92. The molecule has 2 aromatic rings. The zero-order valence-electron chi connectivity index (χ0n) is 12.2. The van der Waals surface area contributed by atoms with Crippen LogP contribution >= 0.6 is 0 Å². The zero-order valence-corrected chi connectivity index (χ0v) is 12.2. The van der Waals surface area contributed by atoms with Gasteiger partial charge in [-0.25, -0.2) is 0 Å². The van der Waals surface area contributed by atoms with E-state index in [4.69, 9.17) is 9.47 Å². The minimum absolute atomic E-state index is 0.330. The van der Waals surface area contributed by atoms with Crippen LogP contribution in [0.5, 0.6) is 11.5 Å². The van der Waals surface area contributed by atoms with Crippen molar-refractivity contribution in [1.82, 2.24) is 0 Å². The van der Waals surface area contributed by atoms with Crippen LogP contribution in [0.1, 0.15) is 36.0 Å². The second-order valence-corrected chi connectivity index (χ2v) is 5.40. The lowest BCUT2D eigenvalue weighted by atomic mass is 9.86. The van der Waals surface area contributed by atoms with E-state index >= 15 is 0 Å². The Bertz CT molecular complexity index is 609. The number of hydrogen-bond acceptors (Lipinski definition) is 3. The van der Waals surface area contributed by atoms with Crippen LogP contribution in [0, 0.1) is 0 Å². The number of rotatable bonds is 4. The maximum atomic E-state index is 10.5. The van der Waals surface area contributed by atoms with Gasteiger partial charge in [0.2, 0.25) is 0 Å². The van der Waals surface area contributed by atoms with Crippen molar-refractivity contribution in [2.24, 2.45) is 0 Å². The van der Waals surface area contributed by atoms with Gasteiger partial charge in [0.1, 0.15) is 11.5 Å². The Morgan fingerprint density at radius 3 is 2.95 bits per heavy atom. The van der Waals surface area contributed by atoms with Crippen molar-refractivity contribution in [3.63, 3.8) is 0 Å². The van der Waals surface area contributed by atoms with Crippen molar-refractivity contribution in [1.29, 1.82) is 0 Å². The van der Waals surface area contributed by atoms with Crippen molar-refractivity contribution >= 4 is 0 Å². The van der Waals surface area contributed by atoms with Crippen molar-refractivity contribution in [2.75, 3.05) is 13.7 Å². The molecule has 2 aromatic carbocycles. The number of aliphatic hydroxyl groups is 1. The number of para-hydroxylation sites is 1. The first-order valence-electron chi connectivity index (χ1n) is 7.31. The molecule has 2 unspecified atom stereocenters. The molecule has 3 rings (SSSR count). The molecule has 0 bridgehead atoms. The summed E-state index contributed by atoms with van der Waals surface area (Å²) in [6, 6.07) is 15.7. The van der Waals surface area contributed by atoms with E-state index in [0.717, 1.165) is 23.5 Å². The molecule has 0 aromatic heterocycles. The maximum absolute atomic E-state index is 10.5. The Labute approximate surface area is 125 Å². The van der Waals surface area contributed by atoms with Crippen LogP contribution < -0.4 is 9.47 Å². The summed E-state index contributed by atoms with van der Waals surface area (Å²) in [5, 5.41) is 10.5. The van der Waals surface area contributed by atoms with Crippen molar-refractivity contribution < 1.29 is 14.6 Å². The number of aliphatic hydroxyl groups excluding tert-OH is 1. The SMILES string of the molecule is COc1cccc(C(O)CC2CCOc3ccccc32)c1. The molecular weight excluding hydrogens is 264 g/mol. The van der Waals surface area contributed by atoms with E-state index in [1.807, 2.05) is 42.5 Å². The van der Waals surface area contributed by atoms with E-state index in [-0.39, 0.29) is 0 Å². The molecule has 1 N–H and O–H groups in total. The van der Waals surface area contributed by atoms with Gasteiger partial charge in [-0.15, -0.1) is 0 Å². The molecule has 2 atom stereocenters. The molecular formula is C18H20O3. The van der Waals surface area contributed by atoms with Crippen LogP contribution in [-0.4, -0.2) is 18.8 Å². The Morgan fingerprint density at radius 2 is 2.10 bits per heavy atom. The average Bonchev–Trinajstić information content (AvgIpc) is 2.55. The molecule has 3 heteroatoms. The highest BCUT2D eigenvalue weighted by atomic mass is 16.5. The van der Waals surface area contributed by atoms with Gasteiger partial charge in [0.25, 0.3) is 0 Å². The van der Waals surface area contributed by atoms with Crippen molar-refractivity contribution in [3.05, 3.63) is 59.7 Å². The van der Waals surface area contributed by atoms with Crippen LogP contribution in [0.15, 0.2) is 48.5 Å². The van der Waals surface area contributed by atoms with Gasteiger partial charge < -0.3 is 14.6 Å². The molecule has 0 saturated carbocycles. The lowest BCUT2D eigenvalue weighted by Gasteiger charge is -2.27. The third kappa shape index (κ3) is 3.03. The lowest BCUT2D eigenvalue weighted by Crippen LogP contribution is -2.16. The Kier molecular flexibility index (Phi) is 4.11. The van der Waals surface area contributed by atoms with E-state index < -0.39 is 6.10 Å². The van der Waals surface area contributed by atoms with E-state index in [1.54, 1.807) is 7.11 Å². The number of benzene rings is 2. The summed E-state index contributed by atoms with van der Waals surface area (Å²) in [6.07, 6.45) is 1.15. The summed E-state index contributed by atoms with van der Waals surface area (Å²) in [4.78, 5) is 0. The standard InChI is InChI=1S/C18H20O3/c1-20-15-6-4-5-14(11-15)17(19)12-13-9-10-21-18-8-3-2-7-16(13)18/h2-8,11,13,17,19H,9-10,12H2,1H3. The molecule has 0 aliphatic carbocycles. The van der Waals surface area contributed by atoms with Gasteiger partial charge in [-0.1, -0.05) is 30.3 Å². The minimum Gasteiger partial charge on any atom is -0.497 e. The fraction of sp³-hybridized carbons (Fsp3) is 0.333. The highest BCUT2D eigenvalue weighted by Gasteiger charge is 2.24. The van der Waals surface area contributed by atoms with E-state index in [2.05, 4.69) is 6.07 Å². The second kappa shape index (κ2) is 6.19. The largest absolute Gasteiger partial charge is 0.497 e. The molecule has 0 spiro atoms. The topological polar surface area (TPSA) is 38.7 Å². The third-order valence-electron chi connectivity index (χ3n) is 4.07. The van der Waals surface area contributed by atoms with Crippen molar-refractivity contribution in [3.8, 4) is 11.5 Å². The zero-order chi connectivity index (χ0) is 14.7. The maximum Gasteiger partial charge on any atom is 0.122 e. The predicted molar refractivity (Wildman–Crippen MR) is 81.9 cm³/mol. The molecule has 3 nitrogen and oxygen atoms in total. The highest BCUT2D eigenvalue weighted by Crippen LogP contribution is 2.39. The molecule has 0 amide bonds. The molecule has 0 fully saturated rings. The molecule has 0 radical (unpaired) electrons. The van der Waals surface area contributed by atoms with Crippen LogP contribution in [0.25, 0.3) is 0 Å². The quantitative estimate of drug-likeness (QED) is 0.930. The number of ether oxygens (including phenoxy) is 2. The first-order chi connectivity index (χ1) is 10.3. The molecule has 21 heavy (non-hydrogen) atoms. The monoisotopic (exact) mass is 284 g/mol. The number of methoxy groups -OCH3 is 1. The highest BCUT2D eigenvalue weighted by molar-refractivity contribution is 5.38. The van der Waals surface area contributed by atoms with Gasteiger partial charge in [-0.05, 0) is 48.1 Å². The Morgan fingerprint density at radius 1 is 1.24 bits per heavy atom.